The van der Waals surface area contributed by atoms with Crippen LogP contribution in [0.15, 0.2) is 59.5 Å². The minimum absolute atomic E-state index is 0.179. The van der Waals surface area contributed by atoms with Crippen LogP contribution in [0.4, 0.5) is 11.4 Å². The molecule has 0 aromatic heterocycles. The molecular formula is C22H22N2O4S. The molecular weight excluding hydrogens is 388 g/mol. The van der Waals surface area contributed by atoms with Gasteiger partial charge in [0.25, 0.3) is 10.0 Å². The highest BCUT2D eigenvalue weighted by molar-refractivity contribution is 7.93. The van der Waals surface area contributed by atoms with E-state index in [0.717, 1.165) is 16.3 Å². The lowest BCUT2D eigenvalue weighted by Gasteiger charge is -2.18. The zero-order chi connectivity index (χ0) is 20.6. The summed E-state index contributed by atoms with van der Waals surface area (Å²) in [6.45, 7) is 2.18. The number of carbonyl (C=O) groups excluding carboxylic acids is 1. The van der Waals surface area contributed by atoms with Crippen LogP contribution in [0.3, 0.4) is 0 Å². The lowest BCUT2D eigenvalue weighted by Crippen LogP contribution is -2.29. The Labute approximate surface area is 170 Å². The van der Waals surface area contributed by atoms with Gasteiger partial charge < -0.3 is 10.1 Å². The molecule has 150 valence electrons. The van der Waals surface area contributed by atoms with Crippen LogP contribution >= 0.6 is 0 Å². The Kier molecular flexibility index (Phi) is 4.92. The van der Waals surface area contributed by atoms with Crippen molar-refractivity contribution in [3.63, 3.8) is 0 Å². The summed E-state index contributed by atoms with van der Waals surface area (Å²) >= 11 is 0. The number of carbonyl (C=O) groups is 1. The van der Waals surface area contributed by atoms with Gasteiger partial charge in [-0.05, 0) is 48.6 Å². The molecule has 29 heavy (non-hydrogen) atoms. The molecule has 0 bridgehead atoms. The minimum Gasteiger partial charge on any atom is -0.495 e. The van der Waals surface area contributed by atoms with Gasteiger partial charge in [0, 0.05) is 18.4 Å². The second kappa shape index (κ2) is 7.40. The molecule has 1 N–H and O–H groups in total. The van der Waals surface area contributed by atoms with Gasteiger partial charge in [-0.1, -0.05) is 30.3 Å². The largest absolute Gasteiger partial charge is 0.495 e. The first kappa shape index (κ1) is 19.3. The van der Waals surface area contributed by atoms with Crippen LogP contribution in [-0.4, -0.2) is 28.0 Å². The summed E-state index contributed by atoms with van der Waals surface area (Å²) < 4.78 is 32.6. The Morgan fingerprint density at radius 1 is 1.10 bits per heavy atom. The van der Waals surface area contributed by atoms with Crippen LogP contribution in [0.5, 0.6) is 5.75 Å². The van der Waals surface area contributed by atoms with Crippen molar-refractivity contribution < 1.29 is 17.9 Å². The molecule has 3 aromatic carbocycles. The van der Waals surface area contributed by atoms with Crippen LogP contribution in [-0.2, 0) is 14.8 Å². The van der Waals surface area contributed by atoms with E-state index in [0.29, 0.717) is 28.4 Å². The van der Waals surface area contributed by atoms with Gasteiger partial charge in [0.1, 0.15) is 5.75 Å². The fraction of sp³-hybridized carbons (Fsp3) is 0.227. The smallest absolute Gasteiger partial charge is 0.265 e. The molecule has 7 heteroatoms. The van der Waals surface area contributed by atoms with Crippen molar-refractivity contribution in [2.24, 2.45) is 0 Å². The molecule has 0 fully saturated rings. The number of hydrogen-bond donors (Lipinski definition) is 1. The Morgan fingerprint density at radius 3 is 2.62 bits per heavy atom. The van der Waals surface area contributed by atoms with E-state index in [-0.39, 0.29) is 18.9 Å². The Balaban J connectivity index is 1.46. The van der Waals surface area contributed by atoms with Crippen molar-refractivity contribution in [1.29, 1.82) is 0 Å². The van der Waals surface area contributed by atoms with Crippen molar-refractivity contribution in [1.82, 2.24) is 0 Å². The molecule has 1 aliphatic heterocycles. The van der Waals surface area contributed by atoms with E-state index in [1.165, 1.54) is 4.31 Å². The second-order valence-corrected chi connectivity index (χ2v) is 8.89. The third-order valence-electron chi connectivity index (χ3n) is 5.08. The van der Waals surface area contributed by atoms with E-state index >= 15 is 0 Å². The molecule has 1 amide bonds. The first-order valence-electron chi connectivity index (χ1n) is 9.41. The highest BCUT2D eigenvalue weighted by Crippen LogP contribution is 2.42. The molecule has 0 radical (unpaired) electrons. The molecule has 1 heterocycles. The van der Waals surface area contributed by atoms with Crippen molar-refractivity contribution >= 4 is 38.1 Å². The van der Waals surface area contributed by atoms with E-state index in [1.807, 2.05) is 43.3 Å². The van der Waals surface area contributed by atoms with Gasteiger partial charge in [0.2, 0.25) is 5.91 Å². The van der Waals surface area contributed by atoms with Crippen molar-refractivity contribution in [3.05, 3.63) is 60.2 Å². The fourth-order valence-corrected chi connectivity index (χ4v) is 5.46. The Hall–Kier alpha value is -3.06. The zero-order valence-corrected chi connectivity index (χ0v) is 17.1. The highest BCUT2D eigenvalue weighted by Gasteiger charge is 2.35. The first-order chi connectivity index (χ1) is 13.9. The minimum atomic E-state index is -3.59. The average Bonchev–Trinajstić information content (AvgIpc) is 2.91. The number of aryl methyl sites for hydroxylation is 1. The van der Waals surface area contributed by atoms with Gasteiger partial charge in [-0.3, -0.25) is 9.10 Å². The number of ether oxygens (including phenoxy) is 1. The number of methoxy groups -OCH3 is 1. The average molecular weight is 410 g/mol. The van der Waals surface area contributed by atoms with Crippen LogP contribution in [0, 0.1) is 6.92 Å². The van der Waals surface area contributed by atoms with E-state index in [9.17, 15) is 13.2 Å². The summed E-state index contributed by atoms with van der Waals surface area (Å²) in [6, 6.07) is 16.4. The second-order valence-electron chi connectivity index (χ2n) is 7.06. The SMILES string of the molecule is COc1ccc(C)cc1NC(=O)CCCN1c2cccc3cccc(c23)S1(=O)=O. The van der Waals surface area contributed by atoms with Gasteiger partial charge in [-0.25, -0.2) is 8.42 Å². The van der Waals surface area contributed by atoms with Crippen molar-refractivity contribution in [2.75, 3.05) is 23.3 Å². The lowest BCUT2D eigenvalue weighted by atomic mass is 10.1. The number of hydrogen-bond acceptors (Lipinski definition) is 4. The van der Waals surface area contributed by atoms with Crippen LogP contribution < -0.4 is 14.4 Å². The molecule has 0 saturated heterocycles. The Morgan fingerprint density at radius 2 is 1.86 bits per heavy atom. The molecule has 0 unspecified atom stereocenters. The van der Waals surface area contributed by atoms with Crippen molar-refractivity contribution in [2.45, 2.75) is 24.7 Å². The summed E-state index contributed by atoms with van der Waals surface area (Å²) in [6.07, 6.45) is 0.610. The molecule has 0 spiro atoms. The van der Waals surface area contributed by atoms with Gasteiger partial charge in [0.15, 0.2) is 0 Å². The number of nitrogens with zero attached hydrogens (tertiary/aromatic N) is 1. The van der Waals surface area contributed by atoms with Crippen molar-refractivity contribution in [3.8, 4) is 5.75 Å². The summed E-state index contributed by atoms with van der Waals surface area (Å²) in [4.78, 5) is 12.7. The van der Waals surface area contributed by atoms with Gasteiger partial charge in [-0.15, -0.1) is 0 Å². The topological polar surface area (TPSA) is 75.7 Å². The van der Waals surface area contributed by atoms with Crippen LogP contribution in [0.2, 0.25) is 0 Å². The van der Waals surface area contributed by atoms with E-state index in [2.05, 4.69) is 5.32 Å². The highest BCUT2D eigenvalue weighted by atomic mass is 32.2. The van der Waals surface area contributed by atoms with Gasteiger partial charge in [-0.2, -0.15) is 0 Å². The zero-order valence-electron chi connectivity index (χ0n) is 16.3. The normalized spacial score (nSPS) is 14.2. The third-order valence-corrected chi connectivity index (χ3v) is 6.93. The summed E-state index contributed by atoms with van der Waals surface area (Å²) in [7, 11) is -2.04. The third kappa shape index (κ3) is 3.42. The fourth-order valence-electron chi connectivity index (χ4n) is 3.71. The van der Waals surface area contributed by atoms with Gasteiger partial charge >= 0.3 is 0 Å². The quantitative estimate of drug-likeness (QED) is 0.664. The van der Waals surface area contributed by atoms with Crippen LogP contribution in [0.1, 0.15) is 18.4 Å². The maximum Gasteiger partial charge on any atom is 0.265 e. The monoisotopic (exact) mass is 410 g/mol. The van der Waals surface area contributed by atoms with E-state index in [1.54, 1.807) is 25.3 Å². The summed E-state index contributed by atoms with van der Waals surface area (Å²) in [5, 5.41) is 4.51. The first-order valence-corrected chi connectivity index (χ1v) is 10.8. The Bertz CT molecular complexity index is 1200. The lowest BCUT2D eigenvalue weighted by molar-refractivity contribution is -0.116. The molecule has 3 aromatic rings. The molecule has 0 aliphatic carbocycles. The number of sulfonamides is 1. The summed E-state index contributed by atoms with van der Waals surface area (Å²) in [5.74, 6) is 0.411. The van der Waals surface area contributed by atoms with E-state index in [4.69, 9.17) is 4.74 Å². The standard InChI is InChI=1S/C22H22N2O4S/c1-15-11-12-19(28-2)17(14-15)23-21(25)10-5-13-24-18-8-3-6-16-7-4-9-20(22(16)18)29(24,26)27/h3-4,6-9,11-12,14H,5,10,13H2,1-2H3,(H,23,25). The molecule has 0 saturated carbocycles. The number of rotatable bonds is 6. The predicted molar refractivity (Wildman–Crippen MR) is 114 cm³/mol. The maximum atomic E-state index is 13.0. The number of anilines is 2. The van der Waals surface area contributed by atoms with E-state index < -0.39 is 10.0 Å². The van der Waals surface area contributed by atoms with Gasteiger partial charge in [0.05, 0.1) is 23.4 Å². The summed E-state index contributed by atoms with van der Waals surface area (Å²) in [5.41, 5.74) is 2.30. The van der Waals surface area contributed by atoms with Crippen LogP contribution in [0.25, 0.3) is 10.8 Å². The number of benzene rings is 3. The molecule has 1 aliphatic rings. The molecule has 6 nitrogen and oxygen atoms in total. The number of nitrogens with one attached hydrogen (secondary N) is 1. The molecule has 0 atom stereocenters. The maximum absolute atomic E-state index is 13.0. The number of amides is 1. The molecule has 4 rings (SSSR count). The predicted octanol–water partition coefficient (Wildman–Crippen LogP) is 4.08.